The summed E-state index contributed by atoms with van der Waals surface area (Å²) in [6, 6.07) is 0. The Kier molecular flexibility index (Phi) is 3.26. The predicted octanol–water partition coefficient (Wildman–Crippen LogP) is -1.13. The van der Waals surface area contributed by atoms with E-state index in [1.54, 1.807) is 0 Å². The smallest absolute Gasteiger partial charge is 0.376 e. The molecule has 0 aromatic rings. The summed E-state index contributed by atoms with van der Waals surface area (Å²) in [4.78, 5) is 20.6. The van der Waals surface area contributed by atoms with Gasteiger partial charge in [-0.3, -0.25) is 4.79 Å². The van der Waals surface area contributed by atoms with Crippen LogP contribution in [0.15, 0.2) is 11.3 Å². The Morgan fingerprint density at radius 1 is 1.45 bits per heavy atom. The maximum Gasteiger partial charge on any atom is 0.376 e. The molecule has 0 bridgehead atoms. The maximum atomic E-state index is 10.6. The molecule has 0 spiro atoms. The number of rotatable bonds is 3. The highest BCUT2D eigenvalue weighted by Crippen LogP contribution is 1.98. The van der Waals surface area contributed by atoms with Crippen LogP contribution >= 0.6 is 0 Å². The third kappa shape index (κ3) is 2.38. The zero-order valence-electron chi connectivity index (χ0n) is 6.00. The average molecular weight is 159 g/mol. The summed E-state index contributed by atoms with van der Waals surface area (Å²) in [5, 5.41) is 16.6. The van der Waals surface area contributed by atoms with Gasteiger partial charge >= 0.3 is 5.97 Å². The second-order valence-electron chi connectivity index (χ2n) is 1.94. The number of nitrogens with two attached hydrogens (primary N) is 1. The van der Waals surface area contributed by atoms with Crippen LogP contribution in [0, 0.1) is 0 Å². The molecule has 0 aromatic carbocycles. The van der Waals surface area contributed by atoms with Crippen LogP contribution in [0.25, 0.3) is 0 Å². The normalized spacial score (nSPS) is 12.2. The van der Waals surface area contributed by atoms with Crippen LogP contribution in [0.4, 0.5) is 0 Å². The van der Waals surface area contributed by atoms with Gasteiger partial charge in [-0.15, -0.1) is 0 Å². The number of ketones is 1. The number of aliphatic hydroxyl groups is 1. The van der Waals surface area contributed by atoms with Gasteiger partial charge in [-0.1, -0.05) is 0 Å². The third-order valence-electron chi connectivity index (χ3n) is 1.19. The Labute approximate surface area is 63.1 Å². The Hall–Kier alpha value is -1.36. The fourth-order valence-corrected chi connectivity index (χ4v) is 0.425. The molecular formula is C6H9NO4. The minimum atomic E-state index is -1.57. The number of hydrogen-bond donors (Lipinski definition) is 3. The molecule has 62 valence electrons. The van der Waals surface area contributed by atoms with Gasteiger partial charge in [0.2, 0.25) is 0 Å². The monoisotopic (exact) mass is 159 g/mol. The molecule has 0 saturated heterocycles. The number of carbonyl (C=O) groups is 2. The molecule has 5 nitrogen and oxygen atoms in total. The molecule has 0 atom stereocenters. The number of Topliss-reactive ketones (excluding diaryl/α,β-unsaturated/α-hetero) is 1. The fraction of sp³-hybridized carbons (Fsp3) is 0.333. The van der Waals surface area contributed by atoms with Gasteiger partial charge in [-0.2, -0.15) is 0 Å². The molecule has 11 heavy (non-hydrogen) atoms. The standard InChI is InChI=1S/C6H9NO4/c1-3(4(7)2-8)5(9)6(10)11/h8H,2,7H2,1H3,(H,10,11). The van der Waals surface area contributed by atoms with Crippen LogP contribution in [0.2, 0.25) is 0 Å². The highest BCUT2D eigenvalue weighted by Gasteiger charge is 2.15. The molecule has 0 amide bonds. The maximum absolute atomic E-state index is 10.6. The van der Waals surface area contributed by atoms with Crippen molar-refractivity contribution in [3.63, 3.8) is 0 Å². The molecule has 0 heterocycles. The van der Waals surface area contributed by atoms with Gasteiger partial charge < -0.3 is 15.9 Å². The van der Waals surface area contributed by atoms with Crippen molar-refractivity contribution in [2.75, 3.05) is 6.61 Å². The van der Waals surface area contributed by atoms with E-state index in [-0.39, 0.29) is 11.3 Å². The van der Waals surface area contributed by atoms with Gasteiger partial charge in [0.15, 0.2) is 0 Å². The SMILES string of the molecule is CC(C(=O)C(=O)O)=C(N)CO. The first-order valence-corrected chi connectivity index (χ1v) is 2.84. The van der Waals surface area contributed by atoms with Crippen molar-refractivity contribution < 1.29 is 19.8 Å². The zero-order chi connectivity index (χ0) is 9.02. The summed E-state index contributed by atoms with van der Waals surface area (Å²) < 4.78 is 0. The first-order chi connectivity index (χ1) is 5.00. The lowest BCUT2D eigenvalue weighted by Gasteiger charge is -1.99. The minimum absolute atomic E-state index is 0.114. The number of carboxylic acid groups (broad SMARTS) is 1. The van der Waals surface area contributed by atoms with Crippen LogP contribution in [0.3, 0.4) is 0 Å². The lowest BCUT2D eigenvalue weighted by molar-refractivity contribution is -0.147. The Bertz CT molecular complexity index is 219. The molecule has 0 rings (SSSR count). The van der Waals surface area contributed by atoms with Gasteiger partial charge in [-0.05, 0) is 6.92 Å². The number of carbonyl (C=O) groups excluding carboxylic acids is 1. The topological polar surface area (TPSA) is 101 Å². The zero-order valence-corrected chi connectivity index (χ0v) is 6.00. The number of hydrogen-bond acceptors (Lipinski definition) is 4. The van der Waals surface area contributed by atoms with E-state index < -0.39 is 18.4 Å². The molecule has 4 N–H and O–H groups in total. The molecule has 0 aromatic heterocycles. The number of aliphatic carboxylic acids is 1. The molecular weight excluding hydrogens is 150 g/mol. The number of carboxylic acids is 1. The highest BCUT2D eigenvalue weighted by molar-refractivity contribution is 6.39. The van der Waals surface area contributed by atoms with E-state index in [0.29, 0.717) is 0 Å². The van der Waals surface area contributed by atoms with Gasteiger partial charge in [-0.25, -0.2) is 4.79 Å². The lowest BCUT2D eigenvalue weighted by Crippen LogP contribution is -2.18. The van der Waals surface area contributed by atoms with Crippen LogP contribution in [0.1, 0.15) is 6.92 Å². The van der Waals surface area contributed by atoms with Crippen molar-refractivity contribution in [1.82, 2.24) is 0 Å². The van der Waals surface area contributed by atoms with E-state index in [2.05, 4.69) is 0 Å². The van der Waals surface area contributed by atoms with Crippen LogP contribution in [-0.4, -0.2) is 28.6 Å². The molecule has 5 heteroatoms. The van der Waals surface area contributed by atoms with E-state index in [9.17, 15) is 9.59 Å². The fourth-order valence-electron chi connectivity index (χ4n) is 0.425. The second-order valence-corrected chi connectivity index (χ2v) is 1.94. The summed E-state index contributed by atoms with van der Waals surface area (Å²) in [7, 11) is 0. The largest absolute Gasteiger partial charge is 0.475 e. The van der Waals surface area contributed by atoms with Crippen LogP contribution < -0.4 is 5.73 Å². The highest BCUT2D eigenvalue weighted by atomic mass is 16.4. The van der Waals surface area contributed by atoms with Gasteiger partial charge in [0.1, 0.15) is 0 Å². The van der Waals surface area contributed by atoms with Gasteiger partial charge in [0.05, 0.1) is 6.61 Å². The van der Waals surface area contributed by atoms with Crippen molar-refractivity contribution in [3.8, 4) is 0 Å². The van der Waals surface area contributed by atoms with Crippen molar-refractivity contribution in [1.29, 1.82) is 0 Å². The quantitative estimate of drug-likeness (QED) is 0.357. The van der Waals surface area contributed by atoms with E-state index in [4.69, 9.17) is 15.9 Å². The average Bonchev–Trinajstić information content (AvgIpc) is 2.00. The Balaban J connectivity index is 4.61. The predicted molar refractivity (Wildman–Crippen MR) is 36.6 cm³/mol. The van der Waals surface area contributed by atoms with Crippen LogP contribution in [0.5, 0.6) is 0 Å². The van der Waals surface area contributed by atoms with Crippen molar-refractivity contribution >= 4 is 11.8 Å². The van der Waals surface area contributed by atoms with Crippen LogP contribution in [-0.2, 0) is 9.59 Å². The summed E-state index contributed by atoms with van der Waals surface area (Å²) >= 11 is 0. The van der Waals surface area contributed by atoms with Gasteiger partial charge in [0, 0.05) is 11.3 Å². The molecule has 0 radical (unpaired) electrons. The third-order valence-corrected chi connectivity index (χ3v) is 1.19. The number of aliphatic hydroxyl groups excluding tert-OH is 1. The summed E-state index contributed by atoms with van der Waals surface area (Å²) in [6.07, 6.45) is 0. The lowest BCUT2D eigenvalue weighted by atomic mass is 10.1. The first kappa shape index (κ1) is 9.64. The van der Waals surface area contributed by atoms with E-state index in [1.807, 2.05) is 0 Å². The molecule has 0 fully saturated rings. The summed E-state index contributed by atoms with van der Waals surface area (Å²) in [5.41, 5.74) is 4.86. The van der Waals surface area contributed by atoms with E-state index in [0.717, 1.165) is 0 Å². The molecule has 0 unspecified atom stereocenters. The minimum Gasteiger partial charge on any atom is -0.475 e. The first-order valence-electron chi connectivity index (χ1n) is 2.84. The van der Waals surface area contributed by atoms with Crippen molar-refractivity contribution in [3.05, 3.63) is 11.3 Å². The molecule has 0 aliphatic rings. The molecule has 0 saturated carbocycles. The summed E-state index contributed by atoms with van der Waals surface area (Å²) in [6.45, 7) is 0.743. The second kappa shape index (κ2) is 3.72. The molecule has 0 aliphatic heterocycles. The molecule has 0 aliphatic carbocycles. The van der Waals surface area contributed by atoms with Crippen molar-refractivity contribution in [2.45, 2.75) is 6.92 Å². The van der Waals surface area contributed by atoms with Crippen molar-refractivity contribution in [2.24, 2.45) is 5.73 Å². The van der Waals surface area contributed by atoms with Gasteiger partial charge in [0.25, 0.3) is 5.78 Å². The van der Waals surface area contributed by atoms with E-state index in [1.165, 1.54) is 6.92 Å². The summed E-state index contributed by atoms with van der Waals surface area (Å²) in [5.74, 6) is -2.66. The Morgan fingerprint density at radius 2 is 1.91 bits per heavy atom. The Morgan fingerprint density at radius 3 is 2.18 bits per heavy atom. The van der Waals surface area contributed by atoms with E-state index >= 15 is 0 Å².